The minimum Gasteiger partial charge on any atom is -0.508 e. The van der Waals surface area contributed by atoms with E-state index in [1.807, 2.05) is 48.5 Å². The molecule has 6 nitrogen and oxygen atoms in total. The van der Waals surface area contributed by atoms with Crippen molar-refractivity contribution < 1.29 is 19.8 Å². The van der Waals surface area contributed by atoms with Crippen LogP contribution in [-0.2, 0) is 21.4 Å². The number of aliphatic carboxylic acids is 1. The number of nitrogens with one attached hydrogen (secondary N) is 1. The highest BCUT2D eigenvalue weighted by molar-refractivity contribution is 5.83. The van der Waals surface area contributed by atoms with Crippen molar-refractivity contribution in [2.75, 3.05) is 20.1 Å². The Morgan fingerprint density at radius 1 is 1.19 bits per heavy atom. The van der Waals surface area contributed by atoms with E-state index in [0.717, 1.165) is 30.6 Å². The normalized spacial score (nSPS) is 22.6. The summed E-state index contributed by atoms with van der Waals surface area (Å²) in [4.78, 5) is 26.6. The number of aromatic hydroxyl groups is 1. The number of benzene rings is 2. The van der Waals surface area contributed by atoms with Crippen LogP contribution in [0.2, 0.25) is 0 Å². The first kappa shape index (κ1) is 22.8. The molecule has 1 aliphatic rings. The van der Waals surface area contributed by atoms with E-state index in [0.29, 0.717) is 6.42 Å². The van der Waals surface area contributed by atoms with Crippen LogP contribution in [0.5, 0.6) is 5.75 Å². The second kappa shape index (κ2) is 9.96. The van der Waals surface area contributed by atoms with Crippen LogP contribution in [0.15, 0.2) is 54.6 Å². The lowest BCUT2D eigenvalue weighted by atomic mass is 9.66. The van der Waals surface area contributed by atoms with E-state index < -0.39 is 12.0 Å². The summed E-state index contributed by atoms with van der Waals surface area (Å²) in [5.41, 5.74) is 1.81. The first-order valence-electron chi connectivity index (χ1n) is 10.8. The summed E-state index contributed by atoms with van der Waals surface area (Å²) in [5, 5.41) is 22.2. The molecule has 0 spiro atoms. The largest absolute Gasteiger partial charge is 0.508 e. The van der Waals surface area contributed by atoms with Gasteiger partial charge in [0.05, 0.1) is 0 Å². The van der Waals surface area contributed by atoms with Gasteiger partial charge in [-0.25, -0.2) is 4.79 Å². The summed E-state index contributed by atoms with van der Waals surface area (Å²) in [6, 6.07) is 15.8. The molecule has 2 aromatic rings. The number of nitrogens with zero attached hydrogens (tertiary/aromatic N) is 1. The van der Waals surface area contributed by atoms with Crippen LogP contribution in [0.1, 0.15) is 37.3 Å². The maximum Gasteiger partial charge on any atom is 0.326 e. The SMILES string of the molecule is CN1CCC(C)(c2cccc(O)c2)C(CCC(=O)N[C@@H](Cc2ccccc2)C(=O)O)C1. The van der Waals surface area contributed by atoms with E-state index in [2.05, 4.69) is 24.2 Å². The molecule has 3 N–H and O–H groups in total. The van der Waals surface area contributed by atoms with E-state index in [1.165, 1.54) is 0 Å². The van der Waals surface area contributed by atoms with Gasteiger partial charge in [0.1, 0.15) is 11.8 Å². The third kappa shape index (κ3) is 5.85. The number of carboxylic acids is 1. The average molecular weight is 425 g/mol. The number of phenols is 1. The predicted octanol–water partition coefficient (Wildman–Crippen LogP) is 3.19. The molecule has 166 valence electrons. The van der Waals surface area contributed by atoms with Crippen LogP contribution in [-0.4, -0.2) is 53.2 Å². The quantitative estimate of drug-likeness (QED) is 0.606. The van der Waals surface area contributed by atoms with E-state index >= 15 is 0 Å². The number of rotatable bonds is 8. The Labute approximate surface area is 183 Å². The molecule has 1 fully saturated rings. The van der Waals surface area contributed by atoms with Gasteiger partial charge in [0.25, 0.3) is 0 Å². The van der Waals surface area contributed by atoms with E-state index in [4.69, 9.17) is 0 Å². The Morgan fingerprint density at radius 2 is 1.94 bits per heavy atom. The molecule has 6 heteroatoms. The molecule has 0 bridgehead atoms. The van der Waals surface area contributed by atoms with Gasteiger partial charge in [0.2, 0.25) is 5.91 Å². The van der Waals surface area contributed by atoms with Gasteiger partial charge in [0.15, 0.2) is 0 Å². The number of likely N-dealkylation sites (tertiary alicyclic amines) is 1. The van der Waals surface area contributed by atoms with Gasteiger partial charge in [-0.15, -0.1) is 0 Å². The summed E-state index contributed by atoms with van der Waals surface area (Å²) in [7, 11) is 2.08. The first-order valence-corrected chi connectivity index (χ1v) is 10.8. The Hall–Kier alpha value is -2.86. The molecule has 1 amide bonds. The van der Waals surface area contributed by atoms with Crippen LogP contribution in [0.4, 0.5) is 0 Å². The Morgan fingerprint density at radius 3 is 2.61 bits per heavy atom. The van der Waals surface area contributed by atoms with Gasteiger partial charge in [-0.3, -0.25) is 4.79 Å². The predicted molar refractivity (Wildman–Crippen MR) is 120 cm³/mol. The molecule has 31 heavy (non-hydrogen) atoms. The fourth-order valence-corrected chi connectivity index (χ4v) is 4.57. The minimum atomic E-state index is -1.03. The average Bonchev–Trinajstić information content (AvgIpc) is 2.74. The van der Waals surface area contributed by atoms with E-state index in [9.17, 15) is 19.8 Å². The monoisotopic (exact) mass is 424 g/mol. The fraction of sp³-hybridized carbons (Fsp3) is 0.440. The summed E-state index contributed by atoms with van der Waals surface area (Å²) in [6.45, 7) is 4.01. The minimum absolute atomic E-state index is 0.151. The molecule has 1 saturated heterocycles. The van der Waals surface area contributed by atoms with Gasteiger partial charge in [0, 0.05) is 19.4 Å². The Kier molecular flexibility index (Phi) is 7.33. The third-order valence-corrected chi connectivity index (χ3v) is 6.59. The number of piperidine rings is 1. The van der Waals surface area contributed by atoms with Gasteiger partial charge in [-0.2, -0.15) is 0 Å². The van der Waals surface area contributed by atoms with Crippen molar-refractivity contribution in [1.29, 1.82) is 0 Å². The lowest BCUT2D eigenvalue weighted by Crippen LogP contribution is -2.48. The zero-order valence-corrected chi connectivity index (χ0v) is 18.3. The van der Waals surface area contributed by atoms with Crippen molar-refractivity contribution in [3.05, 3.63) is 65.7 Å². The van der Waals surface area contributed by atoms with Crippen molar-refractivity contribution in [2.45, 2.75) is 44.1 Å². The summed E-state index contributed by atoms with van der Waals surface area (Å²) in [6.07, 6.45) is 2.12. The maximum absolute atomic E-state index is 12.6. The maximum atomic E-state index is 12.6. The molecule has 0 saturated carbocycles. The zero-order chi connectivity index (χ0) is 22.4. The molecule has 0 radical (unpaired) electrons. The van der Waals surface area contributed by atoms with Crippen molar-refractivity contribution in [3.63, 3.8) is 0 Å². The number of carboxylic acid groups (broad SMARTS) is 1. The highest BCUT2D eigenvalue weighted by Gasteiger charge is 2.40. The first-order chi connectivity index (χ1) is 14.8. The second-order valence-corrected chi connectivity index (χ2v) is 8.86. The fourth-order valence-electron chi connectivity index (χ4n) is 4.57. The van der Waals surface area contributed by atoms with Crippen molar-refractivity contribution >= 4 is 11.9 Å². The topological polar surface area (TPSA) is 89.9 Å². The zero-order valence-electron chi connectivity index (χ0n) is 18.3. The Balaban J connectivity index is 1.65. The highest BCUT2D eigenvalue weighted by Crippen LogP contribution is 2.42. The number of hydrogen-bond donors (Lipinski definition) is 3. The van der Waals surface area contributed by atoms with Gasteiger partial charge < -0.3 is 20.4 Å². The smallest absolute Gasteiger partial charge is 0.326 e. The van der Waals surface area contributed by atoms with E-state index in [1.54, 1.807) is 6.07 Å². The molecular weight excluding hydrogens is 392 g/mol. The van der Waals surface area contributed by atoms with Crippen LogP contribution in [0, 0.1) is 5.92 Å². The second-order valence-electron chi connectivity index (χ2n) is 8.86. The molecule has 2 aromatic carbocycles. The van der Waals surface area contributed by atoms with Gasteiger partial charge >= 0.3 is 5.97 Å². The third-order valence-electron chi connectivity index (χ3n) is 6.59. The van der Waals surface area contributed by atoms with Crippen molar-refractivity contribution in [3.8, 4) is 5.75 Å². The highest BCUT2D eigenvalue weighted by atomic mass is 16.4. The molecular formula is C25H32N2O4. The molecule has 2 unspecified atom stereocenters. The van der Waals surface area contributed by atoms with Crippen molar-refractivity contribution in [2.24, 2.45) is 5.92 Å². The number of carbonyl (C=O) groups is 2. The van der Waals surface area contributed by atoms with Gasteiger partial charge in [-0.05, 0) is 61.0 Å². The van der Waals surface area contributed by atoms with Crippen LogP contribution < -0.4 is 5.32 Å². The molecule has 1 aliphatic heterocycles. The lowest BCUT2D eigenvalue weighted by Gasteiger charge is -2.45. The van der Waals surface area contributed by atoms with Crippen LogP contribution in [0.25, 0.3) is 0 Å². The number of hydrogen-bond acceptors (Lipinski definition) is 4. The summed E-state index contributed by atoms with van der Waals surface area (Å²) in [5.74, 6) is -0.801. The molecule has 3 atom stereocenters. The molecule has 3 rings (SSSR count). The molecule has 0 aromatic heterocycles. The summed E-state index contributed by atoms with van der Waals surface area (Å²) >= 11 is 0. The van der Waals surface area contributed by atoms with Crippen LogP contribution >= 0.6 is 0 Å². The summed E-state index contributed by atoms with van der Waals surface area (Å²) < 4.78 is 0. The number of amides is 1. The van der Waals surface area contributed by atoms with Crippen LogP contribution in [0.3, 0.4) is 0 Å². The number of carbonyl (C=O) groups excluding carboxylic acids is 1. The standard InChI is InChI=1S/C25H32N2O4/c1-25(19-9-6-10-21(28)16-19)13-14-27(2)17-20(25)11-12-23(29)26-22(24(30)31)15-18-7-4-3-5-8-18/h3-10,16,20,22,28H,11-15,17H2,1-2H3,(H,26,29)(H,30,31)/t20?,22-,25?/m0/s1. The van der Waals surface area contributed by atoms with Gasteiger partial charge in [-0.1, -0.05) is 49.4 Å². The number of phenolic OH excluding ortho intramolecular Hbond substituents is 1. The van der Waals surface area contributed by atoms with Crippen molar-refractivity contribution in [1.82, 2.24) is 10.2 Å². The Bertz CT molecular complexity index is 901. The van der Waals surface area contributed by atoms with E-state index in [-0.39, 0.29) is 35.8 Å². The molecule has 1 heterocycles. The lowest BCUT2D eigenvalue weighted by molar-refractivity contribution is -0.141. The molecule has 0 aliphatic carbocycles.